The molecule has 2 rings (SSSR count). The highest BCUT2D eigenvalue weighted by Gasteiger charge is 2.07. The Labute approximate surface area is 123 Å². The lowest BCUT2D eigenvalue weighted by Gasteiger charge is -2.06. The minimum absolute atomic E-state index is 0.0318. The van der Waals surface area contributed by atoms with E-state index >= 15 is 0 Å². The number of benzene rings is 1. The topological polar surface area (TPSA) is 76.0 Å². The molecule has 0 spiro atoms. The number of carbonyl (C=O) groups excluding carboxylic acids is 2. The molecule has 0 unspecified atom stereocenters. The van der Waals surface area contributed by atoms with E-state index in [9.17, 15) is 9.59 Å². The number of rotatable bonds is 6. The monoisotopic (exact) mass is 286 g/mol. The normalized spacial score (nSPS) is 10.1. The van der Waals surface area contributed by atoms with E-state index in [1.807, 2.05) is 23.9 Å². The van der Waals surface area contributed by atoms with Crippen LogP contribution in [-0.4, -0.2) is 34.5 Å². The summed E-state index contributed by atoms with van der Waals surface area (Å²) in [5, 5.41) is 5.33. The minimum atomic E-state index is -0.254. The summed E-state index contributed by atoms with van der Waals surface area (Å²) in [6, 6.07) is 8.80. The van der Waals surface area contributed by atoms with Crippen LogP contribution in [0.3, 0.4) is 0 Å². The first kappa shape index (κ1) is 14.8. The van der Waals surface area contributed by atoms with Crippen LogP contribution in [0.25, 0.3) is 0 Å². The van der Waals surface area contributed by atoms with Gasteiger partial charge >= 0.3 is 0 Å². The number of nitrogens with one attached hydrogen (secondary N) is 2. The number of amides is 2. The zero-order valence-electron chi connectivity index (χ0n) is 11.9. The molecule has 21 heavy (non-hydrogen) atoms. The van der Waals surface area contributed by atoms with Gasteiger partial charge < -0.3 is 15.2 Å². The number of nitrogens with zero attached hydrogens (tertiary/aromatic N) is 2. The summed E-state index contributed by atoms with van der Waals surface area (Å²) in [6.45, 7) is 0.465. The average molecular weight is 286 g/mol. The molecule has 110 valence electrons. The molecule has 0 fully saturated rings. The predicted octanol–water partition coefficient (Wildman–Crippen LogP) is 0.509. The standard InChI is InChI=1S/C15H18N4O2/c1-19-10-13(18-11-19)7-8-16-14(20)9-17-15(21)12-5-3-2-4-6-12/h2-6,10-11H,7-9H2,1H3,(H,16,20)(H,17,21). The van der Waals surface area contributed by atoms with E-state index in [1.165, 1.54) is 0 Å². The van der Waals surface area contributed by atoms with Crippen molar-refractivity contribution in [2.75, 3.05) is 13.1 Å². The van der Waals surface area contributed by atoms with Crippen molar-refractivity contribution >= 4 is 11.8 Å². The van der Waals surface area contributed by atoms with Crippen molar-refractivity contribution in [2.45, 2.75) is 6.42 Å². The van der Waals surface area contributed by atoms with Gasteiger partial charge in [-0.05, 0) is 12.1 Å². The Morgan fingerprint density at radius 2 is 1.95 bits per heavy atom. The molecular weight excluding hydrogens is 268 g/mol. The Morgan fingerprint density at radius 1 is 1.19 bits per heavy atom. The van der Waals surface area contributed by atoms with Gasteiger partial charge in [0.15, 0.2) is 0 Å². The Bertz CT molecular complexity index is 607. The summed E-state index contributed by atoms with van der Waals surface area (Å²) in [6.07, 6.45) is 4.29. The predicted molar refractivity (Wildman–Crippen MR) is 78.7 cm³/mol. The lowest BCUT2D eigenvalue weighted by Crippen LogP contribution is -2.37. The maximum atomic E-state index is 11.7. The number of hydrogen-bond acceptors (Lipinski definition) is 3. The molecule has 2 aromatic rings. The highest BCUT2D eigenvalue weighted by atomic mass is 16.2. The fourth-order valence-corrected chi connectivity index (χ4v) is 1.84. The molecule has 0 radical (unpaired) electrons. The quantitative estimate of drug-likeness (QED) is 0.812. The number of hydrogen-bond donors (Lipinski definition) is 2. The fraction of sp³-hybridized carbons (Fsp3) is 0.267. The van der Waals surface area contributed by atoms with E-state index < -0.39 is 0 Å². The number of aryl methyl sites for hydroxylation is 1. The van der Waals surface area contributed by atoms with Crippen LogP contribution in [0, 0.1) is 0 Å². The van der Waals surface area contributed by atoms with E-state index in [-0.39, 0.29) is 18.4 Å². The summed E-state index contributed by atoms with van der Waals surface area (Å²) in [7, 11) is 1.90. The molecule has 6 nitrogen and oxygen atoms in total. The van der Waals surface area contributed by atoms with Gasteiger partial charge in [-0.2, -0.15) is 0 Å². The largest absolute Gasteiger partial charge is 0.354 e. The van der Waals surface area contributed by atoms with Gasteiger partial charge in [-0.1, -0.05) is 18.2 Å². The fourth-order valence-electron chi connectivity index (χ4n) is 1.84. The van der Waals surface area contributed by atoms with Crippen molar-refractivity contribution < 1.29 is 9.59 Å². The van der Waals surface area contributed by atoms with Gasteiger partial charge in [-0.15, -0.1) is 0 Å². The molecule has 2 amide bonds. The molecule has 0 saturated carbocycles. The van der Waals surface area contributed by atoms with Crippen molar-refractivity contribution in [3.05, 3.63) is 54.1 Å². The van der Waals surface area contributed by atoms with Crippen LogP contribution < -0.4 is 10.6 Å². The molecule has 6 heteroatoms. The Kier molecular flexibility index (Phi) is 5.09. The van der Waals surface area contributed by atoms with Gasteiger partial charge in [0.1, 0.15) is 0 Å². The SMILES string of the molecule is Cn1cnc(CCNC(=O)CNC(=O)c2ccccc2)c1. The lowest BCUT2D eigenvalue weighted by atomic mass is 10.2. The highest BCUT2D eigenvalue weighted by Crippen LogP contribution is 1.97. The maximum Gasteiger partial charge on any atom is 0.251 e. The Balaban J connectivity index is 1.67. The zero-order chi connectivity index (χ0) is 15.1. The molecule has 1 heterocycles. The number of aromatic nitrogens is 2. The van der Waals surface area contributed by atoms with Crippen LogP contribution in [0.15, 0.2) is 42.9 Å². The van der Waals surface area contributed by atoms with Crippen molar-refractivity contribution in [3.63, 3.8) is 0 Å². The van der Waals surface area contributed by atoms with Crippen LogP contribution in [0.4, 0.5) is 0 Å². The summed E-state index contributed by atoms with van der Waals surface area (Å²) < 4.78 is 1.86. The lowest BCUT2D eigenvalue weighted by molar-refractivity contribution is -0.120. The number of carbonyl (C=O) groups is 2. The van der Waals surface area contributed by atoms with Gasteiger partial charge in [0.2, 0.25) is 5.91 Å². The molecule has 0 aliphatic carbocycles. The first-order valence-electron chi connectivity index (χ1n) is 6.72. The van der Waals surface area contributed by atoms with Crippen LogP contribution in [0.5, 0.6) is 0 Å². The van der Waals surface area contributed by atoms with Crippen LogP contribution in [0.2, 0.25) is 0 Å². The van der Waals surface area contributed by atoms with Gasteiger partial charge in [-0.3, -0.25) is 9.59 Å². The van der Waals surface area contributed by atoms with E-state index in [1.54, 1.807) is 30.6 Å². The molecule has 2 N–H and O–H groups in total. The third kappa shape index (κ3) is 4.76. The number of imidazole rings is 1. The van der Waals surface area contributed by atoms with E-state index in [0.29, 0.717) is 18.5 Å². The van der Waals surface area contributed by atoms with Crippen molar-refractivity contribution in [3.8, 4) is 0 Å². The summed E-state index contributed by atoms with van der Waals surface area (Å²) in [5.74, 6) is -0.467. The van der Waals surface area contributed by atoms with E-state index in [2.05, 4.69) is 15.6 Å². The third-order valence-electron chi connectivity index (χ3n) is 2.91. The summed E-state index contributed by atoms with van der Waals surface area (Å²) >= 11 is 0. The van der Waals surface area contributed by atoms with Crippen molar-refractivity contribution in [2.24, 2.45) is 7.05 Å². The maximum absolute atomic E-state index is 11.7. The van der Waals surface area contributed by atoms with Gasteiger partial charge in [0.05, 0.1) is 18.6 Å². The van der Waals surface area contributed by atoms with Gasteiger partial charge in [-0.25, -0.2) is 4.98 Å². The molecule has 1 aromatic heterocycles. The first-order valence-corrected chi connectivity index (χ1v) is 6.72. The smallest absolute Gasteiger partial charge is 0.251 e. The van der Waals surface area contributed by atoms with Crippen LogP contribution in [0.1, 0.15) is 16.1 Å². The van der Waals surface area contributed by atoms with Crippen LogP contribution in [-0.2, 0) is 18.3 Å². The van der Waals surface area contributed by atoms with Gasteiger partial charge in [0.25, 0.3) is 5.91 Å². The van der Waals surface area contributed by atoms with Crippen molar-refractivity contribution in [1.82, 2.24) is 20.2 Å². The molecule has 0 aliphatic heterocycles. The second kappa shape index (κ2) is 7.23. The first-order chi connectivity index (χ1) is 10.1. The molecule has 0 aliphatic rings. The Hall–Kier alpha value is -2.63. The second-order valence-electron chi connectivity index (χ2n) is 4.68. The van der Waals surface area contributed by atoms with Gasteiger partial charge in [0, 0.05) is 31.8 Å². The van der Waals surface area contributed by atoms with E-state index in [0.717, 1.165) is 5.69 Å². The summed E-state index contributed by atoms with van der Waals surface area (Å²) in [5.41, 5.74) is 1.46. The molecule has 1 aromatic carbocycles. The minimum Gasteiger partial charge on any atom is -0.354 e. The Morgan fingerprint density at radius 3 is 2.62 bits per heavy atom. The molecular formula is C15H18N4O2. The van der Waals surface area contributed by atoms with E-state index in [4.69, 9.17) is 0 Å². The third-order valence-corrected chi connectivity index (χ3v) is 2.91. The molecule has 0 bridgehead atoms. The zero-order valence-corrected chi connectivity index (χ0v) is 11.9. The van der Waals surface area contributed by atoms with Crippen LogP contribution >= 0.6 is 0 Å². The highest BCUT2D eigenvalue weighted by molar-refractivity contribution is 5.96. The molecule has 0 atom stereocenters. The summed E-state index contributed by atoms with van der Waals surface area (Å²) in [4.78, 5) is 27.5. The van der Waals surface area contributed by atoms with Crippen molar-refractivity contribution in [1.29, 1.82) is 0 Å². The second-order valence-corrected chi connectivity index (χ2v) is 4.68. The average Bonchev–Trinajstić information content (AvgIpc) is 2.91. The molecule has 0 saturated heterocycles.